The fraction of sp³-hybridized carbons (Fsp3) is 1.00. The van der Waals surface area contributed by atoms with Gasteiger partial charge in [-0.05, 0) is 0 Å². The first-order valence-corrected chi connectivity index (χ1v) is 5.40. The minimum Gasteiger partial charge on any atom is -0.212 e. The summed E-state index contributed by atoms with van der Waals surface area (Å²) in [6.45, 7) is 0. The molecule has 0 aromatic heterocycles. The predicted octanol–water partition coefficient (Wildman–Crippen LogP) is 5.35. The molecule has 0 atom stereocenters. The Balaban J connectivity index is 4.09. The average molecular weight is 417 g/mol. The Labute approximate surface area is 125 Å². The summed E-state index contributed by atoms with van der Waals surface area (Å²) in [5.41, 5.74) is 0. The lowest BCUT2D eigenvalue weighted by Gasteiger charge is -2.49. The van der Waals surface area contributed by atoms with Crippen molar-refractivity contribution in [3.8, 4) is 0 Å². The molecule has 1 saturated carbocycles. The lowest BCUT2D eigenvalue weighted by atomic mass is 9.80. The van der Waals surface area contributed by atoms with Gasteiger partial charge in [0.25, 0.3) is 0 Å². The predicted molar refractivity (Wildman–Crippen MR) is 44.3 cm³/mol. The molecule has 16 heteroatoms. The maximum absolute atomic E-state index is 13.2. The Morgan fingerprint density at radius 3 is 0.583 bits per heavy atom. The van der Waals surface area contributed by atoms with Gasteiger partial charge in [-0.2, -0.15) is 61.5 Å². The Bertz CT molecular complexity index is 356. The second-order valence-electron chi connectivity index (χ2n) is 4.60. The molecule has 0 nitrogen and oxygen atoms in total. The molecule has 0 aliphatic heterocycles. The molecule has 24 heavy (non-hydrogen) atoms. The van der Waals surface area contributed by atoms with Gasteiger partial charge in [0.05, 0.1) is 0 Å². The monoisotopic (exact) mass is 416 g/mol. The molecular formula is C8ClF15. The molecule has 144 valence electrons. The normalized spacial score (nSPS) is 34.0. The molecule has 0 N–H and O–H groups in total. The maximum Gasteiger partial charge on any atom is 0.385 e. The van der Waals surface area contributed by atoms with Crippen molar-refractivity contribution in [2.45, 2.75) is 46.6 Å². The van der Waals surface area contributed by atoms with E-state index in [4.69, 9.17) is 0 Å². The molecule has 0 heterocycles. The van der Waals surface area contributed by atoms with E-state index in [1.807, 2.05) is 0 Å². The van der Waals surface area contributed by atoms with E-state index in [9.17, 15) is 65.9 Å². The second kappa shape index (κ2) is 4.50. The van der Waals surface area contributed by atoms with Gasteiger partial charge in [0.1, 0.15) is 0 Å². The highest BCUT2D eigenvalue weighted by atomic mass is 35.5. The van der Waals surface area contributed by atoms with Crippen LogP contribution in [0.3, 0.4) is 0 Å². The highest BCUT2D eigenvalue weighted by molar-refractivity contribution is 6.24. The molecule has 0 amide bonds. The number of halogens is 16. The Morgan fingerprint density at radius 2 is 0.417 bits per heavy atom. The van der Waals surface area contributed by atoms with Crippen LogP contribution < -0.4 is 0 Å². The summed E-state index contributed by atoms with van der Waals surface area (Å²) in [4.78, 5) is 0. The molecule has 0 spiro atoms. The van der Waals surface area contributed by atoms with Crippen LogP contribution in [0.25, 0.3) is 0 Å². The summed E-state index contributed by atoms with van der Waals surface area (Å²) < 4.78 is 194. The first-order valence-electron chi connectivity index (χ1n) is 5.02. The van der Waals surface area contributed by atoms with E-state index in [0.29, 0.717) is 0 Å². The molecule has 1 rings (SSSR count). The van der Waals surface area contributed by atoms with Crippen molar-refractivity contribution in [2.75, 3.05) is 0 Å². The number of hydrogen-bond donors (Lipinski definition) is 0. The van der Waals surface area contributed by atoms with Gasteiger partial charge in [0, 0.05) is 0 Å². The van der Waals surface area contributed by atoms with Crippen molar-refractivity contribution in [3.05, 3.63) is 0 Å². The van der Waals surface area contributed by atoms with Crippen molar-refractivity contribution in [3.63, 3.8) is 0 Å². The highest BCUT2D eigenvalue weighted by Crippen LogP contribution is 2.70. The lowest BCUT2D eigenvalue weighted by molar-refractivity contribution is -0.481. The third-order valence-corrected chi connectivity index (χ3v) is 3.63. The molecule has 0 bridgehead atoms. The second-order valence-corrected chi connectivity index (χ2v) is 5.12. The zero-order valence-electron chi connectivity index (χ0n) is 10.0. The van der Waals surface area contributed by atoms with Crippen LogP contribution in [0.15, 0.2) is 0 Å². The van der Waals surface area contributed by atoms with Crippen LogP contribution in [-0.2, 0) is 0 Å². The van der Waals surface area contributed by atoms with Crippen LogP contribution in [0.1, 0.15) is 0 Å². The quantitative estimate of drug-likeness (QED) is 0.369. The van der Waals surface area contributed by atoms with Crippen LogP contribution in [0.4, 0.5) is 65.9 Å². The van der Waals surface area contributed by atoms with Gasteiger partial charge in [0.2, 0.25) is 0 Å². The molecule has 0 radical (unpaired) electrons. The Hall–Kier alpha value is -0.760. The summed E-state index contributed by atoms with van der Waals surface area (Å²) in [6, 6.07) is 0. The first-order chi connectivity index (χ1) is 10.0. The van der Waals surface area contributed by atoms with E-state index < -0.39 is 46.6 Å². The minimum absolute atomic E-state index is 3.51. The molecular weight excluding hydrogens is 417 g/mol. The van der Waals surface area contributed by atoms with Crippen molar-refractivity contribution >= 4 is 11.6 Å². The van der Waals surface area contributed by atoms with Crippen molar-refractivity contribution in [1.82, 2.24) is 0 Å². The number of rotatable bonds is 0. The zero-order valence-corrected chi connectivity index (χ0v) is 10.8. The highest BCUT2D eigenvalue weighted by Gasteiger charge is 3.01. The third-order valence-electron chi connectivity index (χ3n) is 3.15. The lowest BCUT2D eigenvalue weighted by Crippen LogP contribution is -2.82. The third kappa shape index (κ3) is 1.71. The maximum atomic E-state index is 13.2. The summed E-state index contributed by atoms with van der Waals surface area (Å²) >= 11 is 3.51. The van der Waals surface area contributed by atoms with Crippen molar-refractivity contribution in [2.24, 2.45) is 0 Å². The molecule has 0 aromatic rings. The van der Waals surface area contributed by atoms with Crippen LogP contribution in [0.5, 0.6) is 0 Å². The van der Waals surface area contributed by atoms with Gasteiger partial charge in [-0.1, -0.05) is 11.6 Å². The van der Waals surface area contributed by atoms with Gasteiger partial charge < -0.3 is 0 Å². The number of hydrogen-bond acceptors (Lipinski definition) is 0. The molecule has 1 fully saturated rings. The summed E-state index contributed by atoms with van der Waals surface area (Å²) in [5, 5.41) is -7.30. The molecule has 0 unspecified atom stereocenters. The van der Waals surface area contributed by atoms with Crippen molar-refractivity contribution in [1.29, 1.82) is 0 Å². The van der Waals surface area contributed by atoms with E-state index in [1.54, 1.807) is 0 Å². The van der Waals surface area contributed by atoms with Gasteiger partial charge in [0.15, 0.2) is 0 Å². The zero-order chi connectivity index (χ0) is 20.0. The van der Waals surface area contributed by atoms with E-state index in [0.717, 1.165) is 0 Å². The van der Waals surface area contributed by atoms with E-state index in [-0.39, 0.29) is 0 Å². The summed E-state index contributed by atoms with van der Waals surface area (Å²) in [5.74, 6) is -56.1. The van der Waals surface area contributed by atoms with Crippen LogP contribution in [-0.4, -0.2) is 46.6 Å². The van der Waals surface area contributed by atoms with Gasteiger partial charge in [-0.15, -0.1) is 0 Å². The standard InChI is InChI=1S/C8ClF15/c9-1(10)2(11,12)4(15,16)6(19,20)8(23,24)7(21,22)5(17,18)3(1,13)14. The Kier molecular flexibility index (Phi) is 3.99. The van der Waals surface area contributed by atoms with Gasteiger partial charge >= 0.3 is 46.6 Å². The van der Waals surface area contributed by atoms with Gasteiger partial charge in [-0.3, -0.25) is 0 Å². The summed E-state index contributed by atoms with van der Waals surface area (Å²) in [6.07, 6.45) is 0. The van der Waals surface area contributed by atoms with Crippen molar-refractivity contribution < 1.29 is 65.9 Å². The largest absolute Gasteiger partial charge is 0.385 e. The van der Waals surface area contributed by atoms with Crippen LogP contribution >= 0.6 is 11.6 Å². The molecule has 1 aliphatic carbocycles. The SMILES string of the molecule is FC1(F)C(F)(F)C(F)(F)C(F)(F)C(F)(Cl)C(F)(F)C(F)(F)C1(F)F. The molecule has 1 aliphatic rings. The van der Waals surface area contributed by atoms with E-state index in [1.165, 1.54) is 0 Å². The smallest absolute Gasteiger partial charge is 0.212 e. The van der Waals surface area contributed by atoms with Crippen LogP contribution in [0.2, 0.25) is 0 Å². The molecule has 0 saturated heterocycles. The molecule has 0 aromatic carbocycles. The number of alkyl halides is 16. The fourth-order valence-corrected chi connectivity index (χ4v) is 1.81. The van der Waals surface area contributed by atoms with E-state index in [2.05, 4.69) is 11.6 Å². The minimum atomic E-state index is -8.16. The fourth-order valence-electron chi connectivity index (χ4n) is 1.58. The van der Waals surface area contributed by atoms with Gasteiger partial charge in [-0.25, -0.2) is 4.39 Å². The Morgan fingerprint density at radius 1 is 0.292 bits per heavy atom. The van der Waals surface area contributed by atoms with Crippen LogP contribution in [0, 0.1) is 0 Å². The average Bonchev–Trinajstić information content (AvgIpc) is 2.35. The summed E-state index contributed by atoms with van der Waals surface area (Å²) in [7, 11) is 0. The first kappa shape index (κ1) is 21.3. The van der Waals surface area contributed by atoms with E-state index >= 15 is 0 Å². The topological polar surface area (TPSA) is 0 Å².